The number of halogens is 1. The van der Waals surface area contributed by atoms with Crippen molar-refractivity contribution >= 4 is 15.9 Å². The average Bonchev–Trinajstić information content (AvgIpc) is 2.17. The lowest BCUT2D eigenvalue weighted by Crippen LogP contribution is -2.18. The fourth-order valence-corrected chi connectivity index (χ4v) is 2.55. The van der Waals surface area contributed by atoms with Crippen molar-refractivity contribution < 1.29 is 5.11 Å². The topological polar surface area (TPSA) is 20.2 Å². The zero-order valence-electron chi connectivity index (χ0n) is 12.4. The molecule has 0 aliphatic carbocycles. The maximum absolute atomic E-state index is 10.5. The summed E-state index contributed by atoms with van der Waals surface area (Å²) in [6.45, 7) is 12.9. The van der Waals surface area contributed by atoms with Crippen molar-refractivity contribution in [3.8, 4) is 5.75 Å². The highest BCUT2D eigenvalue weighted by atomic mass is 79.9. The highest BCUT2D eigenvalue weighted by Gasteiger charge is 2.26. The Balaban J connectivity index is 3.48. The number of phenolic OH excluding ortho intramolecular Hbond substituents is 1. The molecule has 1 N–H and O–H groups in total. The van der Waals surface area contributed by atoms with E-state index < -0.39 is 0 Å². The fraction of sp³-hybridized carbons (Fsp3) is 0.625. The lowest BCUT2D eigenvalue weighted by Gasteiger charge is -2.28. The van der Waals surface area contributed by atoms with E-state index in [1.165, 1.54) is 5.56 Å². The molecule has 1 aromatic rings. The number of hydrogen-bond donors (Lipinski definition) is 1. The van der Waals surface area contributed by atoms with Gasteiger partial charge in [-0.1, -0.05) is 69.6 Å². The molecule has 0 unspecified atom stereocenters. The number of rotatable bonds is 2. The van der Waals surface area contributed by atoms with Crippen LogP contribution in [0.4, 0.5) is 0 Å². The van der Waals surface area contributed by atoms with Gasteiger partial charge in [0.15, 0.2) is 0 Å². The normalized spacial score (nSPS) is 12.8. The van der Waals surface area contributed by atoms with Gasteiger partial charge < -0.3 is 5.11 Å². The van der Waals surface area contributed by atoms with E-state index in [1.807, 2.05) is 0 Å². The average molecular weight is 313 g/mol. The second kappa shape index (κ2) is 5.24. The van der Waals surface area contributed by atoms with Gasteiger partial charge in [0, 0.05) is 5.33 Å². The molecule has 0 aliphatic rings. The predicted molar refractivity (Wildman–Crippen MR) is 83.0 cm³/mol. The number of benzene rings is 1. The minimum atomic E-state index is -0.0353. The maximum atomic E-state index is 10.5. The Hall–Kier alpha value is -0.500. The molecule has 0 saturated heterocycles. The Bertz CT molecular complexity index is 387. The summed E-state index contributed by atoms with van der Waals surface area (Å²) in [5, 5.41) is 11.5. The Morgan fingerprint density at radius 3 is 1.61 bits per heavy atom. The molecule has 1 nitrogen and oxygen atoms in total. The van der Waals surface area contributed by atoms with E-state index >= 15 is 0 Å². The van der Waals surface area contributed by atoms with Crippen molar-refractivity contribution in [3.63, 3.8) is 0 Å². The summed E-state index contributed by atoms with van der Waals surface area (Å²) in [5.74, 6) is 0.466. The first kappa shape index (κ1) is 15.6. The van der Waals surface area contributed by atoms with Gasteiger partial charge in [-0.2, -0.15) is 0 Å². The minimum absolute atomic E-state index is 0.0353. The van der Waals surface area contributed by atoms with E-state index in [4.69, 9.17) is 0 Å². The first-order chi connectivity index (χ1) is 8.07. The molecule has 2 heteroatoms. The van der Waals surface area contributed by atoms with Crippen LogP contribution in [0.15, 0.2) is 12.1 Å². The summed E-state index contributed by atoms with van der Waals surface area (Å²) in [4.78, 5) is 0. The molecule has 0 amide bonds. The van der Waals surface area contributed by atoms with Crippen molar-refractivity contribution in [3.05, 3.63) is 28.8 Å². The van der Waals surface area contributed by atoms with E-state index in [9.17, 15) is 5.11 Å². The second-order valence-corrected chi connectivity index (χ2v) is 7.77. The Morgan fingerprint density at radius 2 is 1.33 bits per heavy atom. The summed E-state index contributed by atoms with van der Waals surface area (Å²) in [6.07, 6.45) is 0.992. The highest BCUT2D eigenvalue weighted by molar-refractivity contribution is 9.09. The molecule has 0 bridgehead atoms. The lowest BCUT2D eigenvalue weighted by atomic mass is 9.78. The maximum Gasteiger partial charge on any atom is 0.123 e. The van der Waals surface area contributed by atoms with Crippen molar-refractivity contribution in [2.75, 3.05) is 5.33 Å². The molecular weight excluding hydrogens is 288 g/mol. The largest absolute Gasteiger partial charge is 0.507 e. The van der Waals surface area contributed by atoms with Crippen molar-refractivity contribution in [1.29, 1.82) is 0 Å². The number of hydrogen-bond acceptors (Lipinski definition) is 1. The molecule has 0 fully saturated rings. The molecular formula is C16H25BrO. The quantitative estimate of drug-likeness (QED) is 0.768. The van der Waals surface area contributed by atoms with Crippen LogP contribution in [0.2, 0.25) is 0 Å². The molecule has 102 valence electrons. The van der Waals surface area contributed by atoms with Crippen LogP contribution in [-0.2, 0) is 17.3 Å². The molecule has 0 radical (unpaired) electrons. The van der Waals surface area contributed by atoms with Gasteiger partial charge in [-0.15, -0.1) is 0 Å². The van der Waals surface area contributed by atoms with Crippen LogP contribution in [0.5, 0.6) is 5.75 Å². The smallest absolute Gasteiger partial charge is 0.123 e. The van der Waals surface area contributed by atoms with Crippen LogP contribution in [0.1, 0.15) is 58.2 Å². The van der Waals surface area contributed by atoms with Crippen molar-refractivity contribution in [1.82, 2.24) is 0 Å². The molecule has 0 atom stereocenters. The first-order valence-electron chi connectivity index (χ1n) is 6.50. The molecule has 1 rings (SSSR count). The Morgan fingerprint density at radius 1 is 0.944 bits per heavy atom. The zero-order chi connectivity index (χ0) is 14.1. The lowest BCUT2D eigenvalue weighted by molar-refractivity contribution is 0.423. The van der Waals surface area contributed by atoms with E-state index in [-0.39, 0.29) is 10.8 Å². The van der Waals surface area contributed by atoms with Crippen molar-refractivity contribution in [2.45, 2.75) is 58.8 Å². The molecule has 0 heterocycles. The standard InChI is InChI=1S/C16H25BrO/c1-15(2,3)12-9-11(7-8-17)10-13(14(12)18)16(4,5)6/h9-10,18H,7-8H2,1-6H3. The van der Waals surface area contributed by atoms with Crippen LogP contribution >= 0.6 is 15.9 Å². The van der Waals surface area contributed by atoms with E-state index in [0.29, 0.717) is 5.75 Å². The van der Waals surface area contributed by atoms with Crippen LogP contribution in [0, 0.1) is 0 Å². The number of alkyl halides is 1. The van der Waals surface area contributed by atoms with E-state index in [2.05, 4.69) is 69.6 Å². The molecule has 0 spiro atoms. The molecule has 0 saturated carbocycles. The SMILES string of the molecule is CC(C)(C)c1cc(CCBr)cc(C(C)(C)C)c1O. The van der Waals surface area contributed by atoms with Gasteiger partial charge in [0.2, 0.25) is 0 Å². The van der Waals surface area contributed by atoms with E-state index in [1.54, 1.807) is 0 Å². The van der Waals surface area contributed by atoms with Gasteiger partial charge in [0.05, 0.1) is 0 Å². The Labute approximate surface area is 120 Å². The third kappa shape index (κ3) is 3.50. The van der Waals surface area contributed by atoms with Crippen LogP contribution in [0.3, 0.4) is 0 Å². The highest BCUT2D eigenvalue weighted by Crippen LogP contribution is 2.39. The number of aromatic hydroxyl groups is 1. The zero-order valence-corrected chi connectivity index (χ0v) is 14.0. The van der Waals surface area contributed by atoms with Gasteiger partial charge in [0.1, 0.15) is 5.75 Å². The third-order valence-corrected chi connectivity index (χ3v) is 3.57. The molecule has 1 aromatic carbocycles. The summed E-state index contributed by atoms with van der Waals surface area (Å²) in [6, 6.07) is 4.29. The monoisotopic (exact) mass is 312 g/mol. The van der Waals surface area contributed by atoms with Gasteiger partial charge in [0.25, 0.3) is 0 Å². The molecule has 0 aliphatic heterocycles. The van der Waals surface area contributed by atoms with Crippen LogP contribution in [-0.4, -0.2) is 10.4 Å². The summed E-state index contributed by atoms with van der Waals surface area (Å²) in [5.41, 5.74) is 3.31. The third-order valence-electron chi connectivity index (χ3n) is 3.17. The minimum Gasteiger partial charge on any atom is -0.507 e. The van der Waals surface area contributed by atoms with Crippen LogP contribution < -0.4 is 0 Å². The summed E-state index contributed by atoms with van der Waals surface area (Å²) >= 11 is 3.49. The second-order valence-electron chi connectivity index (χ2n) is 6.98. The fourth-order valence-electron chi connectivity index (χ4n) is 2.09. The van der Waals surface area contributed by atoms with E-state index in [0.717, 1.165) is 22.9 Å². The molecule has 18 heavy (non-hydrogen) atoms. The van der Waals surface area contributed by atoms with Gasteiger partial charge in [-0.25, -0.2) is 0 Å². The summed E-state index contributed by atoms with van der Waals surface area (Å²) < 4.78 is 0. The van der Waals surface area contributed by atoms with Gasteiger partial charge in [-0.3, -0.25) is 0 Å². The first-order valence-corrected chi connectivity index (χ1v) is 7.62. The Kier molecular flexibility index (Phi) is 4.53. The van der Waals surface area contributed by atoms with Gasteiger partial charge >= 0.3 is 0 Å². The predicted octanol–water partition coefficient (Wildman–Crippen LogP) is 4.92. The van der Waals surface area contributed by atoms with Gasteiger partial charge in [-0.05, 0) is 33.9 Å². The van der Waals surface area contributed by atoms with Crippen LogP contribution in [0.25, 0.3) is 0 Å². The number of phenols is 1. The molecule has 0 aromatic heterocycles. The summed E-state index contributed by atoms with van der Waals surface area (Å²) in [7, 11) is 0. The number of aryl methyl sites for hydroxylation is 1. The van der Waals surface area contributed by atoms with Crippen molar-refractivity contribution in [2.24, 2.45) is 0 Å².